The van der Waals surface area contributed by atoms with Crippen LogP contribution in [0.5, 0.6) is 5.75 Å². The van der Waals surface area contributed by atoms with Crippen molar-refractivity contribution in [3.05, 3.63) is 59.2 Å². The molecule has 4 N–H and O–H groups in total. The number of aromatic hydroxyl groups is 1. The van der Waals surface area contributed by atoms with E-state index in [9.17, 15) is 14.7 Å². The molecule has 1 saturated carbocycles. The Labute approximate surface area is 201 Å². The van der Waals surface area contributed by atoms with E-state index in [1.165, 1.54) is 12.5 Å². The maximum absolute atomic E-state index is 12.3. The van der Waals surface area contributed by atoms with Gasteiger partial charge in [-0.1, -0.05) is 51.5 Å². The van der Waals surface area contributed by atoms with Gasteiger partial charge in [-0.3, -0.25) is 4.79 Å². The van der Waals surface area contributed by atoms with Crippen molar-refractivity contribution in [2.45, 2.75) is 59.2 Å². The van der Waals surface area contributed by atoms with Crippen LogP contribution in [0.1, 0.15) is 61.5 Å². The van der Waals surface area contributed by atoms with Gasteiger partial charge in [0.15, 0.2) is 0 Å². The summed E-state index contributed by atoms with van der Waals surface area (Å²) in [5, 5.41) is 25.3. The van der Waals surface area contributed by atoms with Gasteiger partial charge in [-0.15, -0.1) is 0 Å². The Morgan fingerprint density at radius 3 is 2.50 bits per heavy atom. The molecule has 2 aromatic rings. The van der Waals surface area contributed by atoms with E-state index in [0.717, 1.165) is 24.1 Å². The van der Waals surface area contributed by atoms with E-state index in [-0.39, 0.29) is 36.5 Å². The average molecular weight is 469 g/mol. The Hall–Kier alpha value is -3.06. The Bertz CT molecular complexity index is 973. The van der Waals surface area contributed by atoms with Crippen LogP contribution >= 0.6 is 0 Å². The molecule has 0 aromatic heterocycles. The summed E-state index contributed by atoms with van der Waals surface area (Å²) in [5.41, 5.74) is 2.17. The van der Waals surface area contributed by atoms with Gasteiger partial charge in [0.05, 0.1) is 6.10 Å². The predicted molar refractivity (Wildman–Crippen MR) is 132 cm³/mol. The fourth-order valence-corrected chi connectivity index (χ4v) is 4.59. The topological polar surface area (TPSA) is 108 Å². The zero-order chi connectivity index (χ0) is 24.7. The largest absolute Gasteiger partial charge is 0.507 e. The molecule has 0 heterocycles. The molecule has 0 radical (unpaired) electrons. The molecule has 0 saturated heterocycles. The second kappa shape index (κ2) is 11.9. The summed E-state index contributed by atoms with van der Waals surface area (Å²) in [6, 6.07) is 12.2. The monoisotopic (exact) mass is 468 g/mol. The molecule has 0 bridgehead atoms. The van der Waals surface area contributed by atoms with E-state index in [2.05, 4.69) is 31.4 Å². The number of hydrogen-bond acceptors (Lipinski definition) is 5. The first-order valence-electron chi connectivity index (χ1n) is 12.0. The van der Waals surface area contributed by atoms with Gasteiger partial charge in [0, 0.05) is 24.3 Å². The molecule has 1 amide bonds. The number of para-hydroxylation sites is 1. The highest BCUT2D eigenvalue weighted by molar-refractivity contribution is 5.91. The maximum Gasteiger partial charge on any atom is 0.339 e. The molecule has 7 heteroatoms. The smallest absolute Gasteiger partial charge is 0.339 e. The lowest BCUT2D eigenvalue weighted by Gasteiger charge is -2.37. The summed E-state index contributed by atoms with van der Waals surface area (Å²) in [5.74, 6) is 0.197. The lowest BCUT2D eigenvalue weighted by molar-refractivity contribution is -0.131. The first-order chi connectivity index (χ1) is 16.2. The molecular formula is C27H36N2O5. The highest BCUT2D eigenvalue weighted by atomic mass is 16.5. The molecule has 1 aliphatic rings. The van der Waals surface area contributed by atoms with E-state index in [0.29, 0.717) is 29.9 Å². The first kappa shape index (κ1) is 25.6. The minimum Gasteiger partial charge on any atom is -0.507 e. The van der Waals surface area contributed by atoms with Crippen LogP contribution in [0.25, 0.3) is 0 Å². The summed E-state index contributed by atoms with van der Waals surface area (Å²) < 4.78 is 6.02. The van der Waals surface area contributed by atoms with Gasteiger partial charge in [0.2, 0.25) is 5.91 Å². The third-order valence-electron chi connectivity index (χ3n) is 6.67. The third kappa shape index (κ3) is 6.97. The second-order valence-electron chi connectivity index (χ2n) is 9.62. The molecule has 0 spiro atoms. The number of carbonyl (C=O) groups is 2. The van der Waals surface area contributed by atoms with Gasteiger partial charge in [-0.2, -0.15) is 0 Å². The van der Waals surface area contributed by atoms with Crippen molar-refractivity contribution < 1.29 is 24.5 Å². The molecular weight excluding hydrogens is 432 g/mol. The van der Waals surface area contributed by atoms with E-state index < -0.39 is 5.97 Å². The number of aromatic carboxylic acids is 1. The standard InChI is InChI=1S/C27H36N2O5/c1-17(2)22-12-7-18(3)13-24(22)34-16-25(30)29-14-19-8-10-21(11-9-19)28-15-20-5-4-6-23(26(20)31)27(32)33/h4-6,8-11,17-18,22,24,28,31H,7,12-16H2,1-3H3,(H,29,30)(H,32,33). The number of rotatable bonds is 10. The number of amides is 1. The number of nitrogens with one attached hydrogen (secondary N) is 2. The van der Waals surface area contributed by atoms with Gasteiger partial charge >= 0.3 is 5.97 Å². The molecule has 2 aromatic carbocycles. The number of ether oxygens (including phenoxy) is 1. The number of benzene rings is 2. The zero-order valence-corrected chi connectivity index (χ0v) is 20.2. The third-order valence-corrected chi connectivity index (χ3v) is 6.67. The second-order valence-corrected chi connectivity index (χ2v) is 9.62. The summed E-state index contributed by atoms with van der Waals surface area (Å²) in [7, 11) is 0. The van der Waals surface area contributed by atoms with Crippen LogP contribution in [0.2, 0.25) is 0 Å². The van der Waals surface area contributed by atoms with E-state index >= 15 is 0 Å². The molecule has 1 aliphatic carbocycles. The molecule has 1 fully saturated rings. The molecule has 7 nitrogen and oxygen atoms in total. The van der Waals surface area contributed by atoms with Crippen molar-refractivity contribution in [1.29, 1.82) is 0 Å². The summed E-state index contributed by atoms with van der Waals surface area (Å²) in [6.07, 6.45) is 3.56. The first-order valence-corrected chi connectivity index (χ1v) is 12.0. The normalized spacial score (nSPS) is 20.2. The number of phenols is 1. The van der Waals surface area contributed by atoms with Crippen LogP contribution in [0.4, 0.5) is 5.69 Å². The van der Waals surface area contributed by atoms with Crippen molar-refractivity contribution in [2.75, 3.05) is 11.9 Å². The number of carbonyl (C=O) groups excluding carboxylic acids is 1. The number of carboxylic acids is 1. The Morgan fingerprint density at radius 2 is 1.82 bits per heavy atom. The number of hydrogen-bond donors (Lipinski definition) is 4. The van der Waals surface area contributed by atoms with Gasteiger partial charge < -0.3 is 25.6 Å². The highest BCUT2D eigenvalue weighted by Gasteiger charge is 2.31. The van der Waals surface area contributed by atoms with Gasteiger partial charge in [-0.05, 0) is 54.4 Å². The van der Waals surface area contributed by atoms with Crippen LogP contribution in [0.15, 0.2) is 42.5 Å². The van der Waals surface area contributed by atoms with Crippen molar-refractivity contribution in [3.63, 3.8) is 0 Å². The van der Waals surface area contributed by atoms with Gasteiger partial charge in [-0.25, -0.2) is 4.79 Å². The van der Waals surface area contributed by atoms with Crippen molar-refractivity contribution in [2.24, 2.45) is 17.8 Å². The molecule has 3 atom stereocenters. The van der Waals surface area contributed by atoms with Crippen LogP contribution in [-0.4, -0.2) is 34.8 Å². The van der Waals surface area contributed by atoms with Crippen molar-refractivity contribution in [3.8, 4) is 5.75 Å². The SMILES string of the molecule is CC1CCC(C(C)C)C(OCC(=O)NCc2ccc(NCc3cccc(C(=O)O)c3O)cc2)C1. The lowest BCUT2D eigenvalue weighted by atomic mass is 9.75. The fraction of sp³-hybridized carbons (Fsp3) is 0.481. The molecule has 184 valence electrons. The number of carboxylic acid groups (broad SMARTS) is 1. The minimum absolute atomic E-state index is 0.0825. The van der Waals surface area contributed by atoms with Crippen molar-refractivity contribution in [1.82, 2.24) is 5.32 Å². The molecule has 34 heavy (non-hydrogen) atoms. The Kier molecular flexibility index (Phi) is 8.93. The van der Waals surface area contributed by atoms with E-state index in [4.69, 9.17) is 9.84 Å². The maximum atomic E-state index is 12.3. The fourth-order valence-electron chi connectivity index (χ4n) is 4.59. The predicted octanol–water partition coefficient (Wildman–Crippen LogP) is 4.80. The van der Waals surface area contributed by atoms with Crippen LogP contribution < -0.4 is 10.6 Å². The van der Waals surface area contributed by atoms with E-state index in [1.807, 2.05) is 24.3 Å². The van der Waals surface area contributed by atoms with Crippen LogP contribution in [-0.2, 0) is 22.6 Å². The quantitative estimate of drug-likeness (QED) is 0.399. The average Bonchev–Trinajstić information content (AvgIpc) is 2.81. The van der Waals surface area contributed by atoms with E-state index in [1.54, 1.807) is 12.1 Å². The highest BCUT2D eigenvalue weighted by Crippen LogP contribution is 2.35. The summed E-state index contributed by atoms with van der Waals surface area (Å²) >= 11 is 0. The van der Waals surface area contributed by atoms with Crippen LogP contribution in [0, 0.1) is 17.8 Å². The molecule has 3 unspecified atom stereocenters. The number of anilines is 1. The van der Waals surface area contributed by atoms with Crippen molar-refractivity contribution >= 4 is 17.6 Å². The summed E-state index contributed by atoms with van der Waals surface area (Å²) in [6.45, 7) is 7.49. The van der Waals surface area contributed by atoms with Crippen LogP contribution in [0.3, 0.4) is 0 Å². The summed E-state index contributed by atoms with van der Waals surface area (Å²) in [4.78, 5) is 23.5. The molecule has 3 rings (SSSR count). The Morgan fingerprint density at radius 1 is 1.09 bits per heavy atom. The minimum atomic E-state index is -1.16. The zero-order valence-electron chi connectivity index (χ0n) is 20.2. The lowest BCUT2D eigenvalue weighted by Crippen LogP contribution is -2.37. The Balaban J connectivity index is 1.44. The van der Waals surface area contributed by atoms with Gasteiger partial charge in [0.25, 0.3) is 0 Å². The van der Waals surface area contributed by atoms with Gasteiger partial charge in [0.1, 0.15) is 17.9 Å². The molecule has 0 aliphatic heterocycles.